The van der Waals surface area contributed by atoms with E-state index in [2.05, 4.69) is 12.3 Å². The zero-order valence-electron chi connectivity index (χ0n) is 10.4. The number of nitrogens with two attached hydrogens (primary N) is 1. The molecule has 0 saturated carbocycles. The Bertz CT molecular complexity index is 161. The van der Waals surface area contributed by atoms with Crippen LogP contribution >= 0.6 is 0 Å². The number of hydrazine groups is 1. The first kappa shape index (κ1) is 13.9. The van der Waals surface area contributed by atoms with Crippen LogP contribution in [0.1, 0.15) is 45.4 Å². The van der Waals surface area contributed by atoms with Crippen molar-refractivity contribution in [2.75, 3.05) is 19.8 Å². The maximum absolute atomic E-state index is 5.64. The van der Waals surface area contributed by atoms with E-state index < -0.39 is 0 Å². The lowest BCUT2D eigenvalue weighted by molar-refractivity contribution is -0.102. The van der Waals surface area contributed by atoms with Crippen molar-refractivity contribution in [3.8, 4) is 0 Å². The summed E-state index contributed by atoms with van der Waals surface area (Å²) in [6, 6.07) is 0.238. The minimum Gasteiger partial charge on any atom is -0.376 e. The average molecular weight is 230 g/mol. The fraction of sp³-hybridized carbons (Fsp3) is 1.00. The van der Waals surface area contributed by atoms with Gasteiger partial charge in [0.15, 0.2) is 0 Å². The summed E-state index contributed by atoms with van der Waals surface area (Å²) < 4.78 is 11.0. The molecular weight excluding hydrogens is 204 g/mol. The summed E-state index contributed by atoms with van der Waals surface area (Å²) in [4.78, 5) is 0. The van der Waals surface area contributed by atoms with Crippen molar-refractivity contribution in [2.45, 2.75) is 57.6 Å². The van der Waals surface area contributed by atoms with Crippen LogP contribution < -0.4 is 11.3 Å². The molecule has 3 N–H and O–H groups in total. The highest BCUT2D eigenvalue weighted by atomic mass is 16.6. The fourth-order valence-corrected chi connectivity index (χ4v) is 2.08. The summed E-state index contributed by atoms with van der Waals surface area (Å²) in [5.74, 6) is 5.56. The van der Waals surface area contributed by atoms with E-state index in [1.807, 2.05) is 0 Å². The quantitative estimate of drug-likeness (QED) is 0.378. The van der Waals surface area contributed by atoms with Crippen LogP contribution in [0.3, 0.4) is 0 Å². The van der Waals surface area contributed by atoms with E-state index in [-0.39, 0.29) is 12.1 Å². The predicted molar refractivity (Wildman–Crippen MR) is 65.0 cm³/mol. The van der Waals surface area contributed by atoms with Gasteiger partial charge in [0, 0.05) is 6.04 Å². The van der Waals surface area contributed by atoms with Crippen molar-refractivity contribution in [3.05, 3.63) is 0 Å². The van der Waals surface area contributed by atoms with Gasteiger partial charge in [-0.15, -0.1) is 0 Å². The molecule has 1 rings (SSSR count). The highest BCUT2D eigenvalue weighted by Crippen LogP contribution is 2.13. The fourth-order valence-electron chi connectivity index (χ4n) is 2.08. The van der Waals surface area contributed by atoms with Crippen molar-refractivity contribution in [2.24, 2.45) is 5.84 Å². The highest BCUT2D eigenvalue weighted by Gasteiger charge is 2.23. The van der Waals surface area contributed by atoms with Crippen LogP contribution in [0.4, 0.5) is 0 Å². The van der Waals surface area contributed by atoms with Gasteiger partial charge < -0.3 is 9.47 Å². The second kappa shape index (κ2) is 8.93. The maximum atomic E-state index is 5.64. The van der Waals surface area contributed by atoms with E-state index in [1.54, 1.807) is 0 Å². The lowest BCUT2D eigenvalue weighted by Gasteiger charge is -2.30. The molecule has 1 aliphatic rings. The number of unbranched alkanes of at least 4 members (excludes halogenated alkanes) is 4. The summed E-state index contributed by atoms with van der Waals surface area (Å²) in [7, 11) is 0. The first-order valence-corrected chi connectivity index (χ1v) is 6.54. The van der Waals surface area contributed by atoms with Crippen molar-refractivity contribution >= 4 is 0 Å². The SMILES string of the molecule is CCCCCCCC(NN)C1COCCO1. The second-order valence-electron chi connectivity index (χ2n) is 4.46. The molecule has 0 spiro atoms. The van der Waals surface area contributed by atoms with Gasteiger partial charge in [-0.2, -0.15) is 0 Å². The third-order valence-electron chi connectivity index (χ3n) is 3.12. The third kappa shape index (κ3) is 5.25. The first-order valence-electron chi connectivity index (χ1n) is 6.54. The van der Waals surface area contributed by atoms with E-state index in [1.165, 1.54) is 32.1 Å². The average Bonchev–Trinajstić information content (AvgIpc) is 2.35. The Morgan fingerprint density at radius 1 is 1.25 bits per heavy atom. The maximum Gasteiger partial charge on any atom is 0.0975 e. The molecule has 0 aliphatic carbocycles. The topological polar surface area (TPSA) is 56.5 Å². The van der Waals surface area contributed by atoms with Gasteiger partial charge in [-0.05, 0) is 6.42 Å². The van der Waals surface area contributed by atoms with Gasteiger partial charge in [0.25, 0.3) is 0 Å². The normalized spacial score (nSPS) is 23.2. The Labute approximate surface area is 98.8 Å². The van der Waals surface area contributed by atoms with E-state index >= 15 is 0 Å². The monoisotopic (exact) mass is 230 g/mol. The molecule has 1 saturated heterocycles. The van der Waals surface area contributed by atoms with Crippen molar-refractivity contribution < 1.29 is 9.47 Å². The summed E-state index contributed by atoms with van der Waals surface area (Å²) in [5, 5.41) is 0. The molecule has 0 amide bonds. The van der Waals surface area contributed by atoms with Gasteiger partial charge >= 0.3 is 0 Å². The molecule has 0 aromatic rings. The van der Waals surface area contributed by atoms with Crippen LogP contribution in [0, 0.1) is 0 Å². The molecule has 96 valence electrons. The van der Waals surface area contributed by atoms with Gasteiger partial charge in [0.05, 0.1) is 25.9 Å². The number of ether oxygens (including phenoxy) is 2. The lowest BCUT2D eigenvalue weighted by atomic mass is 10.0. The number of hydrogen-bond donors (Lipinski definition) is 2. The predicted octanol–water partition coefficient (Wildman–Crippen LogP) is 1.59. The number of rotatable bonds is 8. The molecule has 0 bridgehead atoms. The molecule has 0 aromatic heterocycles. The zero-order valence-corrected chi connectivity index (χ0v) is 10.4. The molecule has 2 atom stereocenters. The number of hydrogen-bond acceptors (Lipinski definition) is 4. The van der Waals surface area contributed by atoms with Crippen LogP contribution in [0.15, 0.2) is 0 Å². The summed E-state index contributed by atoms with van der Waals surface area (Å²) in [5.41, 5.74) is 2.86. The highest BCUT2D eigenvalue weighted by molar-refractivity contribution is 4.76. The van der Waals surface area contributed by atoms with Gasteiger partial charge in [0.2, 0.25) is 0 Å². The van der Waals surface area contributed by atoms with E-state index in [4.69, 9.17) is 15.3 Å². The van der Waals surface area contributed by atoms with Crippen LogP contribution in [0.2, 0.25) is 0 Å². The number of nitrogens with one attached hydrogen (secondary N) is 1. The van der Waals surface area contributed by atoms with Crippen LogP contribution in [-0.4, -0.2) is 32.0 Å². The molecule has 0 aromatic carbocycles. The van der Waals surface area contributed by atoms with E-state index in [0.29, 0.717) is 19.8 Å². The van der Waals surface area contributed by atoms with Crippen molar-refractivity contribution in [1.29, 1.82) is 0 Å². The van der Waals surface area contributed by atoms with Crippen molar-refractivity contribution in [3.63, 3.8) is 0 Å². The van der Waals surface area contributed by atoms with E-state index in [9.17, 15) is 0 Å². The van der Waals surface area contributed by atoms with Gasteiger partial charge in [-0.25, -0.2) is 0 Å². The minimum atomic E-state index is 0.130. The minimum absolute atomic E-state index is 0.130. The summed E-state index contributed by atoms with van der Waals surface area (Å²) in [6.45, 7) is 4.31. The summed E-state index contributed by atoms with van der Waals surface area (Å²) in [6.07, 6.45) is 7.67. The van der Waals surface area contributed by atoms with Gasteiger partial charge in [-0.1, -0.05) is 39.0 Å². The molecule has 0 radical (unpaired) electrons. The Morgan fingerprint density at radius 2 is 2.06 bits per heavy atom. The van der Waals surface area contributed by atoms with Gasteiger partial charge in [-0.3, -0.25) is 11.3 Å². The summed E-state index contributed by atoms with van der Waals surface area (Å²) >= 11 is 0. The molecule has 16 heavy (non-hydrogen) atoms. The Hall–Kier alpha value is -0.160. The largest absolute Gasteiger partial charge is 0.376 e. The molecule has 1 aliphatic heterocycles. The Balaban J connectivity index is 2.10. The van der Waals surface area contributed by atoms with Gasteiger partial charge in [0.1, 0.15) is 0 Å². The Morgan fingerprint density at radius 3 is 2.69 bits per heavy atom. The molecule has 4 heteroatoms. The smallest absolute Gasteiger partial charge is 0.0975 e. The zero-order chi connectivity index (χ0) is 11.6. The standard InChI is InChI=1S/C12H26N2O2/c1-2-3-4-5-6-7-11(14-13)12-10-15-8-9-16-12/h11-12,14H,2-10,13H2,1H3. The Kier molecular flexibility index (Phi) is 7.76. The molecule has 4 nitrogen and oxygen atoms in total. The molecule has 1 heterocycles. The van der Waals surface area contributed by atoms with Crippen LogP contribution in [0.25, 0.3) is 0 Å². The third-order valence-corrected chi connectivity index (χ3v) is 3.12. The molecular formula is C12H26N2O2. The van der Waals surface area contributed by atoms with Crippen LogP contribution in [-0.2, 0) is 9.47 Å². The van der Waals surface area contributed by atoms with Crippen LogP contribution in [0.5, 0.6) is 0 Å². The molecule has 2 unspecified atom stereocenters. The molecule has 1 fully saturated rings. The first-order chi connectivity index (χ1) is 7.88. The second-order valence-corrected chi connectivity index (χ2v) is 4.46. The lowest BCUT2D eigenvalue weighted by Crippen LogP contribution is -2.49. The van der Waals surface area contributed by atoms with Crippen molar-refractivity contribution in [1.82, 2.24) is 5.43 Å². The van der Waals surface area contributed by atoms with E-state index in [0.717, 1.165) is 6.42 Å².